The molecule has 1 rings (SSSR count). The van der Waals surface area contributed by atoms with Crippen LogP contribution in [-0.2, 0) is 21.9 Å². The highest BCUT2D eigenvalue weighted by Crippen LogP contribution is 2.39. The number of carboxylic acid groups (broad SMARTS) is 1. The third-order valence-corrected chi connectivity index (χ3v) is 2.78. The summed E-state index contributed by atoms with van der Waals surface area (Å²) >= 11 is 0. The highest BCUT2D eigenvalue weighted by Gasteiger charge is 2.13. The fourth-order valence-corrected chi connectivity index (χ4v) is 2.04. The molecule has 0 heterocycles. The first-order valence-electron chi connectivity index (χ1n) is 4.71. The zero-order chi connectivity index (χ0) is 12.2. The van der Waals surface area contributed by atoms with Crippen molar-refractivity contribution in [3.63, 3.8) is 0 Å². The summed E-state index contributed by atoms with van der Waals surface area (Å²) in [5.74, 6) is -0.889. The van der Waals surface area contributed by atoms with E-state index in [0.29, 0.717) is 12.0 Å². The molecular weight excluding hydrogens is 231 g/mol. The van der Waals surface area contributed by atoms with E-state index in [1.54, 1.807) is 24.3 Å². The Labute approximate surface area is 92.9 Å². The van der Waals surface area contributed by atoms with Crippen molar-refractivity contribution in [1.82, 2.24) is 0 Å². The van der Waals surface area contributed by atoms with Gasteiger partial charge in [-0.15, -0.1) is 0 Å². The van der Waals surface area contributed by atoms with E-state index < -0.39 is 13.6 Å². The minimum Gasteiger partial charge on any atom is -0.481 e. The van der Waals surface area contributed by atoms with Gasteiger partial charge in [0, 0.05) is 6.42 Å². The second-order valence-corrected chi connectivity index (χ2v) is 5.18. The van der Waals surface area contributed by atoms with Crippen molar-refractivity contribution in [1.29, 1.82) is 0 Å². The summed E-state index contributed by atoms with van der Waals surface area (Å²) in [6.45, 7) is 0. The predicted molar refractivity (Wildman–Crippen MR) is 58.1 cm³/mol. The Morgan fingerprint density at radius 2 is 1.88 bits per heavy atom. The SMILES string of the molecule is O=C(O)CCc1cccc(CP(=O)(O)O)c1. The van der Waals surface area contributed by atoms with Crippen LogP contribution >= 0.6 is 7.60 Å². The molecule has 6 heteroatoms. The molecule has 0 radical (unpaired) electrons. The summed E-state index contributed by atoms with van der Waals surface area (Å²) in [6, 6.07) is 6.65. The van der Waals surface area contributed by atoms with Gasteiger partial charge in [0.1, 0.15) is 0 Å². The van der Waals surface area contributed by atoms with Crippen molar-refractivity contribution in [2.24, 2.45) is 0 Å². The summed E-state index contributed by atoms with van der Waals surface area (Å²) in [6.07, 6.45) is 0.0671. The highest BCUT2D eigenvalue weighted by molar-refractivity contribution is 7.50. The summed E-state index contributed by atoms with van der Waals surface area (Å²) < 4.78 is 10.8. The molecule has 16 heavy (non-hydrogen) atoms. The molecule has 0 aromatic heterocycles. The fourth-order valence-electron chi connectivity index (χ4n) is 1.37. The number of benzene rings is 1. The predicted octanol–water partition coefficient (Wildman–Crippen LogP) is 1.38. The molecule has 0 atom stereocenters. The van der Waals surface area contributed by atoms with Gasteiger partial charge in [0.25, 0.3) is 0 Å². The Balaban J connectivity index is 2.71. The maximum atomic E-state index is 10.8. The van der Waals surface area contributed by atoms with Gasteiger partial charge in [-0.05, 0) is 17.5 Å². The third kappa shape index (κ3) is 5.07. The zero-order valence-corrected chi connectivity index (χ0v) is 9.43. The first kappa shape index (κ1) is 12.9. The number of aliphatic carboxylic acids is 1. The second-order valence-electron chi connectivity index (χ2n) is 3.54. The molecule has 88 valence electrons. The van der Waals surface area contributed by atoms with Crippen LogP contribution in [0.25, 0.3) is 0 Å². The molecule has 5 nitrogen and oxygen atoms in total. The van der Waals surface area contributed by atoms with E-state index in [1.165, 1.54) is 0 Å². The van der Waals surface area contributed by atoms with Crippen LogP contribution < -0.4 is 0 Å². The first-order valence-corrected chi connectivity index (χ1v) is 6.51. The summed E-state index contributed by atoms with van der Waals surface area (Å²) in [5.41, 5.74) is 1.30. The van der Waals surface area contributed by atoms with E-state index in [1.807, 2.05) is 0 Å². The molecule has 0 aliphatic heterocycles. The van der Waals surface area contributed by atoms with E-state index in [4.69, 9.17) is 14.9 Å². The standard InChI is InChI=1S/C10H13O5P/c11-10(12)5-4-8-2-1-3-9(6-8)7-16(13,14)15/h1-3,6H,4-5,7H2,(H,11,12)(H2,13,14,15). The molecule has 0 unspecified atom stereocenters. The van der Waals surface area contributed by atoms with Gasteiger partial charge in [-0.2, -0.15) is 0 Å². The number of rotatable bonds is 5. The second kappa shape index (κ2) is 5.25. The van der Waals surface area contributed by atoms with E-state index in [0.717, 1.165) is 5.56 Å². The summed E-state index contributed by atoms with van der Waals surface area (Å²) in [5, 5.41) is 8.51. The van der Waals surface area contributed by atoms with Crippen LogP contribution in [0.3, 0.4) is 0 Å². The van der Waals surface area contributed by atoms with Gasteiger partial charge in [0.2, 0.25) is 0 Å². The number of carbonyl (C=O) groups is 1. The number of hydrogen-bond donors (Lipinski definition) is 3. The summed E-state index contributed by atoms with van der Waals surface area (Å²) in [7, 11) is -4.06. The Morgan fingerprint density at radius 1 is 1.25 bits per heavy atom. The Morgan fingerprint density at radius 3 is 2.44 bits per heavy atom. The molecule has 0 fully saturated rings. The Bertz CT molecular complexity index is 423. The highest BCUT2D eigenvalue weighted by atomic mass is 31.2. The normalized spacial score (nSPS) is 11.4. The largest absolute Gasteiger partial charge is 0.481 e. The average molecular weight is 244 g/mol. The van der Waals surface area contributed by atoms with Gasteiger partial charge in [0.15, 0.2) is 0 Å². The molecule has 1 aromatic rings. The maximum Gasteiger partial charge on any atom is 0.329 e. The van der Waals surface area contributed by atoms with Crippen molar-refractivity contribution in [3.05, 3.63) is 35.4 Å². The van der Waals surface area contributed by atoms with E-state index in [9.17, 15) is 9.36 Å². The zero-order valence-electron chi connectivity index (χ0n) is 8.54. The minimum atomic E-state index is -4.06. The summed E-state index contributed by atoms with van der Waals surface area (Å²) in [4.78, 5) is 28.0. The molecular formula is C10H13O5P. The van der Waals surface area contributed by atoms with Crippen LogP contribution in [0.2, 0.25) is 0 Å². The lowest BCUT2D eigenvalue weighted by Crippen LogP contribution is -1.98. The Kier molecular flexibility index (Phi) is 4.24. The lowest BCUT2D eigenvalue weighted by Gasteiger charge is -2.05. The van der Waals surface area contributed by atoms with Gasteiger partial charge in [0.05, 0.1) is 6.16 Å². The van der Waals surface area contributed by atoms with Crippen molar-refractivity contribution in [2.45, 2.75) is 19.0 Å². The molecule has 0 saturated carbocycles. The van der Waals surface area contributed by atoms with Gasteiger partial charge in [-0.1, -0.05) is 24.3 Å². The van der Waals surface area contributed by atoms with Crippen LogP contribution in [0.5, 0.6) is 0 Å². The lowest BCUT2D eigenvalue weighted by atomic mass is 10.1. The number of hydrogen-bond acceptors (Lipinski definition) is 2. The lowest BCUT2D eigenvalue weighted by molar-refractivity contribution is -0.136. The Hall–Kier alpha value is -1.16. The van der Waals surface area contributed by atoms with E-state index >= 15 is 0 Å². The van der Waals surface area contributed by atoms with Crippen molar-refractivity contribution >= 4 is 13.6 Å². The molecule has 0 spiro atoms. The van der Waals surface area contributed by atoms with Gasteiger partial charge in [-0.25, -0.2) is 0 Å². The third-order valence-electron chi connectivity index (χ3n) is 2.01. The molecule has 1 aromatic carbocycles. The van der Waals surface area contributed by atoms with Crippen LogP contribution in [-0.4, -0.2) is 20.9 Å². The molecule has 0 bridgehead atoms. The van der Waals surface area contributed by atoms with Crippen LogP contribution in [0.15, 0.2) is 24.3 Å². The first-order chi connectivity index (χ1) is 7.37. The van der Waals surface area contributed by atoms with Crippen LogP contribution in [0, 0.1) is 0 Å². The van der Waals surface area contributed by atoms with Gasteiger partial charge < -0.3 is 14.9 Å². The van der Waals surface area contributed by atoms with Gasteiger partial charge in [-0.3, -0.25) is 9.36 Å². The monoisotopic (exact) mass is 244 g/mol. The van der Waals surface area contributed by atoms with Crippen molar-refractivity contribution < 1.29 is 24.3 Å². The topological polar surface area (TPSA) is 94.8 Å². The number of carboxylic acids is 1. The smallest absolute Gasteiger partial charge is 0.329 e. The average Bonchev–Trinajstić information content (AvgIpc) is 2.12. The molecule has 0 aliphatic rings. The number of aryl methyl sites for hydroxylation is 1. The van der Waals surface area contributed by atoms with Gasteiger partial charge >= 0.3 is 13.6 Å². The van der Waals surface area contributed by atoms with Crippen LogP contribution in [0.1, 0.15) is 17.5 Å². The maximum absolute atomic E-state index is 10.8. The molecule has 0 aliphatic carbocycles. The molecule has 0 amide bonds. The molecule has 3 N–H and O–H groups in total. The van der Waals surface area contributed by atoms with Crippen molar-refractivity contribution in [3.8, 4) is 0 Å². The van der Waals surface area contributed by atoms with Crippen LogP contribution in [0.4, 0.5) is 0 Å². The molecule has 0 saturated heterocycles. The van der Waals surface area contributed by atoms with Crippen molar-refractivity contribution in [2.75, 3.05) is 0 Å². The minimum absolute atomic E-state index is 0.0133. The van der Waals surface area contributed by atoms with E-state index in [2.05, 4.69) is 0 Å². The quantitative estimate of drug-likeness (QED) is 0.680. The van der Waals surface area contributed by atoms with E-state index in [-0.39, 0.29) is 12.6 Å². The fraction of sp³-hybridized carbons (Fsp3) is 0.300.